The number of nitrogens with one attached hydrogen (secondary N) is 2. The van der Waals surface area contributed by atoms with Gasteiger partial charge in [-0.3, -0.25) is 4.79 Å². The van der Waals surface area contributed by atoms with E-state index < -0.39 is 24.2 Å². The number of hydrogen-bond acceptors (Lipinski definition) is 6. The molecule has 0 spiro atoms. The molecule has 0 radical (unpaired) electrons. The van der Waals surface area contributed by atoms with Gasteiger partial charge in [0.25, 0.3) is 5.91 Å². The van der Waals surface area contributed by atoms with Gasteiger partial charge in [0.1, 0.15) is 11.6 Å². The number of nitrogens with zero attached hydrogens (tertiary/aromatic N) is 2. The summed E-state index contributed by atoms with van der Waals surface area (Å²) >= 11 is 0. The van der Waals surface area contributed by atoms with Crippen LogP contribution in [0.15, 0.2) is 47.1 Å². The predicted octanol–water partition coefficient (Wildman–Crippen LogP) is 4.41. The molecule has 8 nitrogen and oxygen atoms in total. The summed E-state index contributed by atoms with van der Waals surface area (Å²) in [6, 6.07) is 6.60. The van der Waals surface area contributed by atoms with E-state index in [-0.39, 0.29) is 17.9 Å². The van der Waals surface area contributed by atoms with Crippen LogP contribution in [0.5, 0.6) is 11.5 Å². The van der Waals surface area contributed by atoms with E-state index in [0.29, 0.717) is 22.9 Å². The van der Waals surface area contributed by atoms with Gasteiger partial charge in [-0.05, 0) is 24.3 Å². The Bertz CT molecular complexity index is 1080. The van der Waals surface area contributed by atoms with Crippen molar-refractivity contribution in [3.8, 4) is 11.5 Å². The summed E-state index contributed by atoms with van der Waals surface area (Å²) in [7, 11) is 2.93. The zero-order valence-electron chi connectivity index (χ0n) is 16.6. The lowest BCUT2D eigenvalue weighted by atomic mass is 10.0. The van der Waals surface area contributed by atoms with Crippen LogP contribution in [0, 0.1) is 0 Å². The van der Waals surface area contributed by atoms with E-state index >= 15 is 0 Å². The van der Waals surface area contributed by atoms with Gasteiger partial charge in [0.2, 0.25) is 0 Å². The lowest BCUT2D eigenvalue weighted by Crippen LogP contribution is -2.35. The minimum atomic E-state index is -4.55. The van der Waals surface area contributed by atoms with E-state index in [4.69, 9.17) is 13.9 Å². The average molecular weight is 436 g/mol. The Hall–Kier alpha value is -3.63. The van der Waals surface area contributed by atoms with Crippen LogP contribution in [0.3, 0.4) is 0 Å². The molecule has 0 fully saturated rings. The van der Waals surface area contributed by atoms with Crippen LogP contribution in [0.1, 0.15) is 34.8 Å². The molecule has 31 heavy (non-hydrogen) atoms. The van der Waals surface area contributed by atoms with Crippen molar-refractivity contribution in [3.63, 3.8) is 0 Å². The van der Waals surface area contributed by atoms with Crippen molar-refractivity contribution in [1.82, 2.24) is 9.78 Å². The van der Waals surface area contributed by atoms with Crippen molar-refractivity contribution < 1.29 is 31.9 Å². The molecule has 0 saturated heterocycles. The Balaban J connectivity index is 1.61. The largest absolute Gasteiger partial charge is 0.493 e. The molecule has 0 unspecified atom stereocenters. The molecular formula is C20H19F3N4O4. The number of alkyl halides is 3. The number of halogens is 3. The molecule has 2 aromatic heterocycles. The summed E-state index contributed by atoms with van der Waals surface area (Å²) in [6.07, 6.45) is -3.47. The molecule has 1 amide bonds. The van der Waals surface area contributed by atoms with Gasteiger partial charge in [-0.2, -0.15) is 18.3 Å². The summed E-state index contributed by atoms with van der Waals surface area (Å²) in [5, 5.41) is 9.49. The Labute approximate surface area is 174 Å². The second-order valence-electron chi connectivity index (χ2n) is 6.89. The minimum Gasteiger partial charge on any atom is -0.493 e. The number of amides is 1. The highest BCUT2D eigenvalue weighted by Gasteiger charge is 2.47. The fourth-order valence-corrected chi connectivity index (χ4v) is 3.47. The molecule has 2 atom stereocenters. The summed E-state index contributed by atoms with van der Waals surface area (Å²) in [4.78, 5) is 12.7. The number of ether oxygens (including phenoxy) is 2. The number of furan rings is 1. The third-order valence-corrected chi connectivity index (χ3v) is 4.95. The maximum atomic E-state index is 13.7. The van der Waals surface area contributed by atoms with Crippen molar-refractivity contribution in [1.29, 1.82) is 0 Å². The molecule has 0 aliphatic carbocycles. The summed E-state index contributed by atoms with van der Waals surface area (Å²) in [5.74, 6) is 0.653. The standard InChI is InChI=1S/C20H19F3N4O4/c1-29-15-6-5-11(8-16(15)30-2)24-19(28)13-10-18-25-12(14-4-3-7-31-14)9-17(20(21,22)23)27(18)26-13/h3-8,10,12,17,25H,9H2,1-2H3,(H,24,28)/t12-,17+/m1/s1. The highest BCUT2D eigenvalue weighted by molar-refractivity contribution is 6.03. The van der Waals surface area contributed by atoms with E-state index in [1.54, 1.807) is 24.3 Å². The van der Waals surface area contributed by atoms with Crippen LogP contribution < -0.4 is 20.1 Å². The van der Waals surface area contributed by atoms with Crippen LogP contribution in [-0.4, -0.2) is 36.1 Å². The topological polar surface area (TPSA) is 90.5 Å². The van der Waals surface area contributed by atoms with E-state index in [9.17, 15) is 18.0 Å². The molecule has 0 bridgehead atoms. The number of fused-ring (bicyclic) bond motifs is 1. The molecule has 2 N–H and O–H groups in total. The monoisotopic (exact) mass is 436 g/mol. The van der Waals surface area contributed by atoms with Crippen molar-refractivity contribution in [3.05, 3.63) is 54.1 Å². The number of rotatable bonds is 5. The SMILES string of the molecule is COc1ccc(NC(=O)c2cc3n(n2)[C@H](C(F)(F)F)C[C@H](c2ccco2)N3)cc1OC. The van der Waals surface area contributed by atoms with Crippen LogP contribution >= 0.6 is 0 Å². The van der Waals surface area contributed by atoms with E-state index in [2.05, 4.69) is 15.7 Å². The number of carbonyl (C=O) groups excluding carboxylic acids is 1. The van der Waals surface area contributed by atoms with Gasteiger partial charge < -0.3 is 24.5 Å². The Kier molecular flexibility index (Phi) is 5.25. The summed E-state index contributed by atoms with van der Waals surface area (Å²) < 4.78 is 57.5. The van der Waals surface area contributed by atoms with Gasteiger partial charge in [-0.15, -0.1) is 0 Å². The molecule has 4 rings (SSSR count). The highest BCUT2D eigenvalue weighted by atomic mass is 19.4. The second-order valence-corrected chi connectivity index (χ2v) is 6.89. The van der Waals surface area contributed by atoms with Crippen molar-refractivity contribution in [2.75, 3.05) is 24.9 Å². The second kappa shape index (κ2) is 7.89. The Morgan fingerprint density at radius 1 is 1.23 bits per heavy atom. The van der Waals surface area contributed by atoms with Gasteiger partial charge in [-0.1, -0.05) is 0 Å². The summed E-state index contributed by atoms with van der Waals surface area (Å²) in [5.41, 5.74) is 0.217. The Morgan fingerprint density at radius 3 is 2.65 bits per heavy atom. The van der Waals surface area contributed by atoms with Gasteiger partial charge in [0.15, 0.2) is 23.2 Å². The number of carbonyl (C=O) groups is 1. The fourth-order valence-electron chi connectivity index (χ4n) is 3.47. The number of aromatic nitrogens is 2. The summed E-state index contributed by atoms with van der Waals surface area (Å²) in [6.45, 7) is 0. The van der Waals surface area contributed by atoms with Crippen molar-refractivity contribution >= 4 is 17.4 Å². The normalized spacial score (nSPS) is 18.1. The number of methoxy groups -OCH3 is 2. The van der Waals surface area contributed by atoms with E-state index in [0.717, 1.165) is 4.68 Å². The molecule has 1 aromatic carbocycles. The first kappa shape index (κ1) is 20.6. The molecule has 164 valence electrons. The molecule has 11 heteroatoms. The quantitative estimate of drug-likeness (QED) is 0.616. The van der Waals surface area contributed by atoms with Crippen molar-refractivity contribution in [2.45, 2.75) is 24.7 Å². The molecule has 3 aromatic rings. The van der Waals surface area contributed by atoms with Crippen LogP contribution in [0.2, 0.25) is 0 Å². The van der Waals surface area contributed by atoms with E-state index in [1.165, 1.54) is 32.6 Å². The number of anilines is 2. The van der Waals surface area contributed by atoms with Gasteiger partial charge in [0, 0.05) is 24.2 Å². The first-order chi connectivity index (χ1) is 14.8. The van der Waals surface area contributed by atoms with Crippen molar-refractivity contribution in [2.24, 2.45) is 0 Å². The lowest BCUT2D eigenvalue weighted by Gasteiger charge is -2.32. The van der Waals surface area contributed by atoms with Crippen LogP contribution in [0.4, 0.5) is 24.7 Å². The van der Waals surface area contributed by atoms with Crippen LogP contribution in [-0.2, 0) is 0 Å². The molecule has 3 heterocycles. The molecular weight excluding hydrogens is 417 g/mol. The third kappa shape index (κ3) is 4.03. The van der Waals surface area contributed by atoms with Gasteiger partial charge in [-0.25, -0.2) is 4.68 Å². The predicted molar refractivity (Wildman–Crippen MR) is 105 cm³/mol. The first-order valence-corrected chi connectivity index (χ1v) is 9.29. The van der Waals surface area contributed by atoms with Gasteiger partial charge >= 0.3 is 6.18 Å². The Morgan fingerprint density at radius 2 is 2.00 bits per heavy atom. The molecule has 1 aliphatic heterocycles. The zero-order chi connectivity index (χ0) is 22.2. The molecule has 0 saturated carbocycles. The number of benzene rings is 1. The van der Waals surface area contributed by atoms with E-state index in [1.807, 2.05) is 0 Å². The highest BCUT2D eigenvalue weighted by Crippen LogP contribution is 2.43. The maximum absolute atomic E-state index is 13.7. The maximum Gasteiger partial charge on any atom is 0.410 e. The third-order valence-electron chi connectivity index (χ3n) is 4.95. The van der Waals surface area contributed by atoms with Gasteiger partial charge in [0.05, 0.1) is 26.5 Å². The zero-order valence-corrected chi connectivity index (χ0v) is 16.6. The molecule has 1 aliphatic rings. The smallest absolute Gasteiger partial charge is 0.410 e. The lowest BCUT2D eigenvalue weighted by molar-refractivity contribution is -0.174. The fraction of sp³-hybridized carbons (Fsp3) is 0.300. The minimum absolute atomic E-state index is 0.0763. The average Bonchev–Trinajstić information content (AvgIpc) is 3.41. The first-order valence-electron chi connectivity index (χ1n) is 9.29. The van der Waals surface area contributed by atoms with Crippen LogP contribution in [0.25, 0.3) is 0 Å². The number of hydrogen-bond donors (Lipinski definition) is 2.